The predicted octanol–water partition coefficient (Wildman–Crippen LogP) is 0.475. The number of benzene rings is 1. The van der Waals surface area contributed by atoms with E-state index in [4.69, 9.17) is 5.73 Å². The number of amides is 1. The molecular formula is C24H32N2O7. The van der Waals surface area contributed by atoms with Gasteiger partial charge >= 0.3 is 0 Å². The number of carbonyl (C=O) groups excluding carboxylic acids is 3. The van der Waals surface area contributed by atoms with Gasteiger partial charge in [-0.2, -0.15) is 0 Å². The molecule has 2 aliphatic carbocycles. The Morgan fingerprint density at radius 2 is 1.94 bits per heavy atom. The van der Waals surface area contributed by atoms with Crippen molar-refractivity contribution < 1.29 is 34.8 Å². The minimum atomic E-state index is -2.58. The Labute approximate surface area is 192 Å². The topological polar surface area (TPSA) is 161 Å². The third-order valence-corrected chi connectivity index (χ3v) is 6.78. The van der Waals surface area contributed by atoms with E-state index in [2.05, 4.69) is 4.90 Å². The molecule has 9 nitrogen and oxygen atoms in total. The Balaban J connectivity index is 2.08. The van der Waals surface area contributed by atoms with Crippen LogP contribution in [-0.4, -0.2) is 75.6 Å². The maximum absolute atomic E-state index is 13.4. The van der Waals surface area contributed by atoms with Crippen molar-refractivity contribution in [2.75, 3.05) is 27.2 Å². The molecule has 1 amide bonds. The number of ketones is 2. The van der Waals surface area contributed by atoms with Crippen LogP contribution in [0.25, 0.3) is 5.76 Å². The highest BCUT2D eigenvalue weighted by atomic mass is 16.3. The summed E-state index contributed by atoms with van der Waals surface area (Å²) in [6.07, 6.45) is 1.21. The highest BCUT2D eigenvalue weighted by Gasteiger charge is 2.57. The van der Waals surface area contributed by atoms with Gasteiger partial charge in [0.05, 0.1) is 12.0 Å². The van der Waals surface area contributed by atoms with E-state index in [1.807, 2.05) is 20.2 Å². The number of hydrogen-bond acceptors (Lipinski definition) is 8. The van der Waals surface area contributed by atoms with Gasteiger partial charge in [0.25, 0.3) is 0 Å². The van der Waals surface area contributed by atoms with Gasteiger partial charge in [-0.15, -0.1) is 0 Å². The molecular weight excluding hydrogens is 428 g/mol. The van der Waals surface area contributed by atoms with Crippen molar-refractivity contribution in [3.63, 3.8) is 0 Å². The van der Waals surface area contributed by atoms with E-state index in [1.165, 1.54) is 6.07 Å². The number of aromatic hydroxyl groups is 1. The third kappa shape index (κ3) is 4.53. The van der Waals surface area contributed by atoms with Gasteiger partial charge in [0.1, 0.15) is 11.5 Å². The first-order chi connectivity index (χ1) is 15.5. The highest BCUT2D eigenvalue weighted by Crippen LogP contribution is 2.49. The van der Waals surface area contributed by atoms with Crippen LogP contribution in [0.5, 0.6) is 5.75 Å². The van der Waals surface area contributed by atoms with Crippen LogP contribution in [0.2, 0.25) is 0 Å². The van der Waals surface area contributed by atoms with Crippen LogP contribution in [0.1, 0.15) is 42.4 Å². The summed E-state index contributed by atoms with van der Waals surface area (Å²) in [6.45, 7) is 0.493. The smallest absolute Gasteiger partial charge is 0.225 e. The molecule has 180 valence electrons. The van der Waals surface area contributed by atoms with Crippen LogP contribution in [0, 0.1) is 11.8 Å². The second kappa shape index (κ2) is 9.62. The second-order valence-electron chi connectivity index (χ2n) is 9.27. The van der Waals surface area contributed by atoms with E-state index in [0.29, 0.717) is 12.8 Å². The first-order valence-corrected chi connectivity index (χ1v) is 11.1. The van der Waals surface area contributed by atoms with Crippen LogP contribution in [-0.2, 0) is 27.2 Å². The molecule has 1 saturated carbocycles. The van der Waals surface area contributed by atoms with E-state index in [0.717, 1.165) is 24.1 Å². The van der Waals surface area contributed by atoms with Crippen molar-refractivity contribution in [2.24, 2.45) is 17.6 Å². The number of carbonyl (C=O) groups is 3. The van der Waals surface area contributed by atoms with Gasteiger partial charge in [-0.25, -0.2) is 0 Å². The normalized spacial score (nSPS) is 24.6. The van der Waals surface area contributed by atoms with Crippen molar-refractivity contribution in [3.8, 4) is 5.75 Å². The highest BCUT2D eigenvalue weighted by molar-refractivity contribution is 6.23. The lowest BCUT2D eigenvalue weighted by molar-refractivity contribution is -0.159. The molecule has 1 fully saturated rings. The first kappa shape index (κ1) is 24.9. The van der Waals surface area contributed by atoms with Gasteiger partial charge < -0.3 is 31.1 Å². The summed E-state index contributed by atoms with van der Waals surface area (Å²) in [6, 6.07) is 3.28. The number of fused-ring (bicyclic) bond motifs is 2. The van der Waals surface area contributed by atoms with Gasteiger partial charge in [0, 0.05) is 18.1 Å². The summed E-state index contributed by atoms with van der Waals surface area (Å²) < 4.78 is 0. The fourth-order valence-corrected chi connectivity index (χ4v) is 5.20. The molecule has 0 spiro atoms. The number of phenolic OH excluding ortho intramolecular Hbond substituents is 1. The first-order valence-electron chi connectivity index (χ1n) is 11.1. The lowest BCUT2D eigenvalue weighted by atomic mass is 9.61. The van der Waals surface area contributed by atoms with Crippen molar-refractivity contribution >= 4 is 23.2 Å². The number of rotatable bonds is 9. The SMILES string of the molecule is CN(C)CCCc1ccc(O)c2c1C[C@H]1C[C@@H](CCO)[C@@](O)(C(=O)CC(N)=O)C(=O)C1=C2O. The fraction of sp³-hybridized carbons (Fsp3) is 0.542. The molecule has 0 saturated heterocycles. The Morgan fingerprint density at radius 3 is 2.55 bits per heavy atom. The summed E-state index contributed by atoms with van der Waals surface area (Å²) in [5.74, 6) is -5.11. The summed E-state index contributed by atoms with van der Waals surface area (Å²) >= 11 is 0. The number of phenols is 1. The van der Waals surface area contributed by atoms with Gasteiger partial charge in [0.2, 0.25) is 11.7 Å². The Hall–Kier alpha value is -2.75. The van der Waals surface area contributed by atoms with Crippen LogP contribution in [0.15, 0.2) is 17.7 Å². The van der Waals surface area contributed by atoms with Crippen molar-refractivity contribution in [1.29, 1.82) is 0 Å². The standard InChI is InChI=1S/C24H32N2O7/c1-26(2)8-3-4-13-5-6-17(28)21-16(13)11-14-10-15(7-9-27)24(33,18(29)12-19(25)30)23(32)20(14)22(21)31/h5-6,14-15,27-28,31,33H,3-4,7-12H2,1-2H3,(H2,25,30)/t14-,15-,24-/m1/s1. The van der Waals surface area contributed by atoms with E-state index in [-0.39, 0.29) is 36.3 Å². The quantitative estimate of drug-likeness (QED) is 0.332. The molecule has 0 aromatic heterocycles. The second-order valence-corrected chi connectivity index (χ2v) is 9.27. The molecule has 33 heavy (non-hydrogen) atoms. The van der Waals surface area contributed by atoms with Gasteiger partial charge in [-0.3, -0.25) is 14.4 Å². The summed E-state index contributed by atoms with van der Waals surface area (Å²) in [5.41, 5.74) is 4.24. The van der Waals surface area contributed by atoms with E-state index < -0.39 is 47.1 Å². The number of nitrogens with two attached hydrogens (primary N) is 1. The fourth-order valence-electron chi connectivity index (χ4n) is 5.20. The lowest BCUT2D eigenvalue weighted by Gasteiger charge is -2.43. The zero-order valence-corrected chi connectivity index (χ0v) is 19.0. The lowest BCUT2D eigenvalue weighted by Crippen LogP contribution is -2.59. The molecule has 1 aromatic rings. The Bertz CT molecular complexity index is 1000. The molecule has 0 radical (unpaired) electrons. The van der Waals surface area contributed by atoms with Crippen LogP contribution < -0.4 is 5.73 Å². The van der Waals surface area contributed by atoms with Gasteiger partial charge in [-0.05, 0) is 75.9 Å². The molecule has 0 aliphatic heterocycles. The van der Waals surface area contributed by atoms with Crippen molar-refractivity contribution in [1.82, 2.24) is 4.90 Å². The number of aliphatic hydroxyl groups is 3. The molecule has 2 aliphatic rings. The monoisotopic (exact) mass is 460 g/mol. The molecule has 3 rings (SSSR count). The Kier molecular flexibility index (Phi) is 7.26. The molecule has 0 unspecified atom stereocenters. The Morgan fingerprint density at radius 1 is 1.24 bits per heavy atom. The minimum absolute atomic E-state index is 0.0279. The molecule has 6 N–H and O–H groups in total. The number of hydrogen-bond donors (Lipinski definition) is 5. The largest absolute Gasteiger partial charge is 0.507 e. The maximum atomic E-state index is 13.4. The van der Waals surface area contributed by atoms with Crippen LogP contribution in [0.4, 0.5) is 0 Å². The molecule has 1 aromatic carbocycles. The summed E-state index contributed by atoms with van der Waals surface area (Å²) in [5, 5.41) is 42.3. The average Bonchev–Trinajstić information content (AvgIpc) is 2.72. The van der Waals surface area contributed by atoms with Crippen LogP contribution in [0.3, 0.4) is 0 Å². The molecule has 3 atom stereocenters. The molecule has 9 heteroatoms. The number of nitrogens with zero attached hydrogens (tertiary/aromatic N) is 1. The minimum Gasteiger partial charge on any atom is -0.507 e. The number of Topliss-reactive ketones (excluding diaryl/α,β-unsaturated/α-hetero) is 2. The molecule has 0 heterocycles. The van der Waals surface area contributed by atoms with Crippen LogP contribution >= 0.6 is 0 Å². The number of aliphatic hydroxyl groups excluding tert-OH is 2. The predicted molar refractivity (Wildman–Crippen MR) is 120 cm³/mol. The van der Waals surface area contributed by atoms with E-state index in [9.17, 15) is 34.8 Å². The zero-order valence-electron chi connectivity index (χ0n) is 19.0. The third-order valence-electron chi connectivity index (χ3n) is 6.78. The average molecular weight is 461 g/mol. The molecule has 0 bridgehead atoms. The van der Waals surface area contributed by atoms with Gasteiger partial charge in [-0.1, -0.05) is 6.07 Å². The van der Waals surface area contributed by atoms with E-state index >= 15 is 0 Å². The van der Waals surface area contributed by atoms with Crippen molar-refractivity contribution in [3.05, 3.63) is 34.4 Å². The van der Waals surface area contributed by atoms with E-state index in [1.54, 1.807) is 0 Å². The van der Waals surface area contributed by atoms with Crippen molar-refractivity contribution in [2.45, 2.75) is 44.1 Å². The number of aryl methyl sites for hydroxylation is 1. The maximum Gasteiger partial charge on any atom is 0.225 e. The summed E-state index contributed by atoms with van der Waals surface area (Å²) in [4.78, 5) is 39.6. The number of primary amides is 1. The zero-order chi connectivity index (χ0) is 24.5. The van der Waals surface area contributed by atoms with Gasteiger partial charge in [0.15, 0.2) is 11.4 Å². The summed E-state index contributed by atoms with van der Waals surface area (Å²) in [7, 11) is 3.95.